The van der Waals surface area contributed by atoms with Gasteiger partial charge in [0, 0.05) is 31.9 Å². The summed E-state index contributed by atoms with van der Waals surface area (Å²) in [5.41, 5.74) is 2.69. The van der Waals surface area contributed by atoms with Gasteiger partial charge in [-0.3, -0.25) is 4.90 Å². The van der Waals surface area contributed by atoms with Crippen molar-refractivity contribution in [1.29, 1.82) is 0 Å². The predicted molar refractivity (Wildman–Crippen MR) is 89.6 cm³/mol. The molecule has 0 amide bonds. The van der Waals surface area contributed by atoms with Crippen LogP contribution < -0.4 is 4.90 Å². The maximum absolute atomic E-state index is 2.57. The van der Waals surface area contributed by atoms with Crippen LogP contribution in [0.2, 0.25) is 0 Å². The molecular formula is C19H23N2. The highest BCUT2D eigenvalue weighted by Crippen LogP contribution is 2.16. The van der Waals surface area contributed by atoms with Gasteiger partial charge >= 0.3 is 0 Å². The molecule has 2 nitrogen and oxygen atoms in total. The van der Waals surface area contributed by atoms with Crippen LogP contribution in [0.1, 0.15) is 12.0 Å². The second kappa shape index (κ2) is 7.28. The zero-order chi connectivity index (χ0) is 14.3. The molecule has 0 atom stereocenters. The molecule has 1 fully saturated rings. The maximum atomic E-state index is 2.57. The number of benzene rings is 2. The van der Waals surface area contributed by atoms with Gasteiger partial charge in [-0.15, -0.1) is 0 Å². The van der Waals surface area contributed by atoms with Gasteiger partial charge in [-0.2, -0.15) is 0 Å². The first kappa shape index (κ1) is 14.2. The van der Waals surface area contributed by atoms with Crippen molar-refractivity contribution in [3.05, 3.63) is 72.6 Å². The molecule has 0 aromatic heterocycles. The van der Waals surface area contributed by atoms with Crippen molar-refractivity contribution in [1.82, 2.24) is 4.90 Å². The Kier molecular flexibility index (Phi) is 4.90. The summed E-state index contributed by atoms with van der Waals surface area (Å²) in [7, 11) is 0. The van der Waals surface area contributed by atoms with Crippen LogP contribution in [0.15, 0.2) is 60.7 Å². The summed E-state index contributed by atoms with van der Waals surface area (Å²) in [6, 6.07) is 21.4. The number of anilines is 1. The van der Waals surface area contributed by atoms with E-state index in [9.17, 15) is 0 Å². The van der Waals surface area contributed by atoms with Crippen LogP contribution in [-0.4, -0.2) is 37.6 Å². The van der Waals surface area contributed by atoms with Crippen molar-refractivity contribution in [2.24, 2.45) is 0 Å². The van der Waals surface area contributed by atoms with E-state index in [1.807, 2.05) is 0 Å². The summed E-state index contributed by atoms with van der Waals surface area (Å²) in [6.07, 6.45) is 3.47. The fraction of sp³-hybridized carbons (Fsp3) is 0.316. The Hall–Kier alpha value is -1.80. The van der Waals surface area contributed by atoms with Crippen molar-refractivity contribution in [3.8, 4) is 0 Å². The summed E-state index contributed by atoms with van der Waals surface area (Å²) in [6.45, 7) is 5.76. The van der Waals surface area contributed by atoms with Crippen molar-refractivity contribution in [2.45, 2.75) is 6.42 Å². The van der Waals surface area contributed by atoms with Gasteiger partial charge in [-0.25, -0.2) is 0 Å². The molecule has 21 heavy (non-hydrogen) atoms. The molecule has 3 rings (SSSR count). The summed E-state index contributed by atoms with van der Waals surface area (Å²) >= 11 is 0. The van der Waals surface area contributed by atoms with E-state index in [2.05, 4.69) is 76.9 Å². The third-order valence-corrected chi connectivity index (χ3v) is 4.12. The quantitative estimate of drug-likeness (QED) is 0.827. The fourth-order valence-electron chi connectivity index (χ4n) is 2.87. The number of rotatable bonds is 5. The normalized spacial score (nSPS) is 16.1. The van der Waals surface area contributed by atoms with Crippen molar-refractivity contribution in [3.63, 3.8) is 0 Å². The molecule has 0 unspecified atom stereocenters. The molecule has 0 saturated carbocycles. The minimum Gasteiger partial charge on any atom is -0.369 e. The Morgan fingerprint density at radius 1 is 0.762 bits per heavy atom. The van der Waals surface area contributed by atoms with Gasteiger partial charge in [0.05, 0.1) is 0 Å². The Bertz CT molecular complexity index is 513. The van der Waals surface area contributed by atoms with Crippen LogP contribution in [-0.2, 0) is 0 Å². The molecule has 1 aliphatic rings. The van der Waals surface area contributed by atoms with E-state index < -0.39 is 0 Å². The van der Waals surface area contributed by atoms with Gasteiger partial charge in [0.25, 0.3) is 0 Å². The zero-order valence-corrected chi connectivity index (χ0v) is 12.5. The predicted octanol–water partition coefficient (Wildman–Crippen LogP) is 3.45. The van der Waals surface area contributed by atoms with Gasteiger partial charge in [0.2, 0.25) is 0 Å². The van der Waals surface area contributed by atoms with E-state index in [0.29, 0.717) is 0 Å². The molecule has 2 aromatic carbocycles. The first-order valence-corrected chi connectivity index (χ1v) is 7.82. The van der Waals surface area contributed by atoms with E-state index in [0.717, 1.165) is 39.1 Å². The average molecular weight is 279 g/mol. The molecule has 1 heterocycles. The number of hydrogen-bond donors (Lipinski definition) is 0. The summed E-state index contributed by atoms with van der Waals surface area (Å²) in [4.78, 5) is 5.05. The molecule has 0 spiro atoms. The highest BCUT2D eigenvalue weighted by molar-refractivity contribution is 5.46. The Labute approximate surface area is 128 Å². The van der Waals surface area contributed by atoms with E-state index in [1.165, 1.54) is 11.3 Å². The second-order valence-electron chi connectivity index (χ2n) is 5.57. The molecule has 2 aromatic rings. The lowest BCUT2D eigenvalue weighted by atomic mass is 10.1. The molecule has 0 aliphatic carbocycles. The second-order valence-corrected chi connectivity index (χ2v) is 5.57. The minimum absolute atomic E-state index is 1.13. The van der Waals surface area contributed by atoms with Crippen LogP contribution in [0.5, 0.6) is 0 Å². The SMILES string of the molecule is [CH](CCN1CCN(c2ccccc2)CC1)c1ccccc1. The third-order valence-electron chi connectivity index (χ3n) is 4.12. The first-order valence-electron chi connectivity index (χ1n) is 7.82. The van der Waals surface area contributed by atoms with Gasteiger partial charge in [-0.05, 0) is 37.1 Å². The number of hydrogen-bond acceptors (Lipinski definition) is 2. The van der Waals surface area contributed by atoms with Gasteiger partial charge in [0.1, 0.15) is 0 Å². The topological polar surface area (TPSA) is 6.48 Å². The van der Waals surface area contributed by atoms with Crippen LogP contribution in [0.4, 0.5) is 5.69 Å². The Morgan fingerprint density at radius 3 is 2.05 bits per heavy atom. The van der Waals surface area contributed by atoms with E-state index in [4.69, 9.17) is 0 Å². The van der Waals surface area contributed by atoms with Crippen molar-refractivity contribution in [2.75, 3.05) is 37.6 Å². The number of nitrogens with zero attached hydrogens (tertiary/aromatic N) is 2. The standard InChI is InChI=1S/C19H23N2/c1-3-8-18(9-4-1)10-7-13-20-14-16-21(17-15-20)19-11-5-2-6-12-19/h1-6,8-12H,7,13-17H2. The van der Waals surface area contributed by atoms with E-state index >= 15 is 0 Å². The zero-order valence-electron chi connectivity index (χ0n) is 12.5. The van der Waals surface area contributed by atoms with E-state index in [1.54, 1.807) is 0 Å². The van der Waals surface area contributed by atoms with Crippen LogP contribution >= 0.6 is 0 Å². The largest absolute Gasteiger partial charge is 0.369 e. The van der Waals surface area contributed by atoms with Crippen molar-refractivity contribution >= 4 is 5.69 Å². The number of piperazine rings is 1. The Morgan fingerprint density at radius 2 is 1.38 bits per heavy atom. The monoisotopic (exact) mass is 279 g/mol. The molecule has 1 radical (unpaired) electrons. The van der Waals surface area contributed by atoms with Crippen LogP contribution in [0.3, 0.4) is 0 Å². The molecular weight excluding hydrogens is 256 g/mol. The van der Waals surface area contributed by atoms with Gasteiger partial charge < -0.3 is 4.90 Å². The lowest BCUT2D eigenvalue weighted by Gasteiger charge is -2.36. The summed E-state index contributed by atoms with van der Waals surface area (Å²) in [5.74, 6) is 0. The average Bonchev–Trinajstić information content (AvgIpc) is 2.57. The number of para-hydroxylation sites is 1. The smallest absolute Gasteiger partial charge is 0.0367 e. The highest BCUT2D eigenvalue weighted by atomic mass is 15.3. The van der Waals surface area contributed by atoms with Crippen LogP contribution in [0, 0.1) is 6.42 Å². The molecule has 109 valence electrons. The maximum Gasteiger partial charge on any atom is 0.0367 e. The fourth-order valence-corrected chi connectivity index (χ4v) is 2.87. The lowest BCUT2D eigenvalue weighted by molar-refractivity contribution is 0.261. The van der Waals surface area contributed by atoms with Crippen molar-refractivity contribution < 1.29 is 0 Å². The van der Waals surface area contributed by atoms with Gasteiger partial charge in [-0.1, -0.05) is 48.5 Å². The molecule has 0 N–H and O–H groups in total. The minimum atomic E-state index is 1.13. The van der Waals surface area contributed by atoms with E-state index in [-0.39, 0.29) is 0 Å². The molecule has 1 saturated heterocycles. The Balaban J connectivity index is 1.40. The highest BCUT2D eigenvalue weighted by Gasteiger charge is 2.16. The summed E-state index contributed by atoms with van der Waals surface area (Å²) in [5, 5.41) is 0. The van der Waals surface area contributed by atoms with Gasteiger partial charge in [0.15, 0.2) is 0 Å². The first-order chi connectivity index (χ1) is 10.4. The summed E-state index contributed by atoms with van der Waals surface area (Å²) < 4.78 is 0. The third kappa shape index (κ3) is 4.08. The lowest BCUT2D eigenvalue weighted by Crippen LogP contribution is -2.46. The molecule has 1 aliphatic heterocycles. The molecule has 0 bridgehead atoms. The van der Waals surface area contributed by atoms with Crippen LogP contribution in [0.25, 0.3) is 0 Å². The molecule has 2 heteroatoms.